The topological polar surface area (TPSA) is 76.7 Å². The van der Waals surface area contributed by atoms with Crippen molar-refractivity contribution in [2.45, 2.75) is 6.92 Å². The minimum Gasteiger partial charge on any atom is -0.493 e. The Kier molecular flexibility index (Phi) is 6.14. The normalized spacial score (nSPS) is 10.2. The third-order valence-electron chi connectivity index (χ3n) is 4.44. The SMILES string of the molecule is COc1ccc(NC(=O)c2ccc(C(=O)Nc3ccccc3C)cc2)cc1OC. The molecule has 3 rings (SSSR count). The van der Waals surface area contributed by atoms with E-state index in [2.05, 4.69) is 10.6 Å². The van der Waals surface area contributed by atoms with E-state index >= 15 is 0 Å². The average Bonchev–Trinajstić information content (AvgIpc) is 2.75. The zero-order valence-electron chi connectivity index (χ0n) is 16.5. The first kappa shape index (κ1) is 19.9. The lowest BCUT2D eigenvalue weighted by atomic mass is 10.1. The number of carbonyl (C=O) groups excluding carboxylic acids is 2. The molecule has 0 radical (unpaired) electrons. The molecule has 3 aromatic carbocycles. The molecule has 0 aliphatic carbocycles. The van der Waals surface area contributed by atoms with Crippen molar-refractivity contribution < 1.29 is 19.1 Å². The Morgan fingerprint density at radius 1 is 0.724 bits per heavy atom. The van der Waals surface area contributed by atoms with Crippen molar-refractivity contribution in [3.05, 3.63) is 83.4 Å². The van der Waals surface area contributed by atoms with Gasteiger partial charge in [0.1, 0.15) is 0 Å². The van der Waals surface area contributed by atoms with Crippen molar-refractivity contribution in [3.8, 4) is 11.5 Å². The number of para-hydroxylation sites is 1. The van der Waals surface area contributed by atoms with Crippen molar-refractivity contribution in [1.82, 2.24) is 0 Å². The Morgan fingerprint density at radius 3 is 1.90 bits per heavy atom. The Balaban J connectivity index is 1.69. The maximum absolute atomic E-state index is 12.5. The van der Waals surface area contributed by atoms with Gasteiger partial charge in [-0.1, -0.05) is 18.2 Å². The molecule has 0 atom stereocenters. The number of ether oxygens (including phenoxy) is 2. The van der Waals surface area contributed by atoms with E-state index in [0.717, 1.165) is 11.3 Å². The molecule has 6 nitrogen and oxygen atoms in total. The van der Waals surface area contributed by atoms with E-state index in [1.54, 1.807) is 49.6 Å². The number of amides is 2. The molecule has 29 heavy (non-hydrogen) atoms. The predicted molar refractivity (Wildman–Crippen MR) is 113 cm³/mol. The lowest BCUT2D eigenvalue weighted by Crippen LogP contribution is -2.14. The van der Waals surface area contributed by atoms with Crippen LogP contribution in [0.1, 0.15) is 26.3 Å². The number of rotatable bonds is 6. The molecule has 0 fully saturated rings. The van der Waals surface area contributed by atoms with Gasteiger partial charge in [0, 0.05) is 28.6 Å². The molecule has 0 spiro atoms. The van der Waals surface area contributed by atoms with Crippen molar-refractivity contribution >= 4 is 23.2 Å². The summed E-state index contributed by atoms with van der Waals surface area (Å²) in [5.74, 6) is 0.581. The van der Waals surface area contributed by atoms with E-state index in [0.29, 0.717) is 28.3 Å². The summed E-state index contributed by atoms with van der Waals surface area (Å²) in [7, 11) is 3.08. The Hall–Kier alpha value is -3.80. The molecule has 0 aliphatic rings. The van der Waals surface area contributed by atoms with E-state index < -0.39 is 0 Å². The number of anilines is 2. The monoisotopic (exact) mass is 390 g/mol. The van der Waals surface area contributed by atoms with E-state index in [-0.39, 0.29) is 11.8 Å². The number of hydrogen-bond acceptors (Lipinski definition) is 4. The van der Waals surface area contributed by atoms with E-state index in [1.807, 2.05) is 31.2 Å². The van der Waals surface area contributed by atoms with Gasteiger partial charge in [-0.05, 0) is 55.0 Å². The van der Waals surface area contributed by atoms with Gasteiger partial charge in [0.2, 0.25) is 0 Å². The first-order valence-electron chi connectivity index (χ1n) is 9.02. The highest BCUT2D eigenvalue weighted by atomic mass is 16.5. The van der Waals surface area contributed by atoms with Crippen LogP contribution in [0, 0.1) is 6.92 Å². The minimum atomic E-state index is -0.289. The van der Waals surface area contributed by atoms with Crippen LogP contribution in [0.4, 0.5) is 11.4 Å². The number of hydrogen-bond donors (Lipinski definition) is 2. The van der Waals surface area contributed by atoms with Gasteiger partial charge in [-0.3, -0.25) is 9.59 Å². The molecule has 2 amide bonds. The summed E-state index contributed by atoms with van der Waals surface area (Å²) < 4.78 is 10.4. The number of carbonyl (C=O) groups is 2. The van der Waals surface area contributed by atoms with Crippen LogP contribution in [0.2, 0.25) is 0 Å². The maximum Gasteiger partial charge on any atom is 0.255 e. The molecule has 0 aromatic heterocycles. The fourth-order valence-corrected chi connectivity index (χ4v) is 2.80. The highest BCUT2D eigenvalue weighted by Gasteiger charge is 2.12. The summed E-state index contributed by atoms with van der Waals surface area (Å²) in [6, 6.07) is 19.1. The highest BCUT2D eigenvalue weighted by Crippen LogP contribution is 2.29. The average molecular weight is 390 g/mol. The van der Waals surface area contributed by atoms with Gasteiger partial charge in [0.15, 0.2) is 11.5 Å². The summed E-state index contributed by atoms with van der Waals surface area (Å²) in [6.07, 6.45) is 0. The molecule has 3 aromatic rings. The second-order valence-electron chi connectivity index (χ2n) is 6.37. The number of nitrogens with one attached hydrogen (secondary N) is 2. The van der Waals surface area contributed by atoms with Crippen molar-refractivity contribution in [3.63, 3.8) is 0 Å². The maximum atomic E-state index is 12.5. The summed E-state index contributed by atoms with van der Waals surface area (Å²) in [5.41, 5.74) is 3.22. The minimum absolute atomic E-state index is 0.230. The fourth-order valence-electron chi connectivity index (χ4n) is 2.80. The largest absolute Gasteiger partial charge is 0.493 e. The smallest absolute Gasteiger partial charge is 0.255 e. The third kappa shape index (κ3) is 4.73. The second kappa shape index (κ2) is 8.93. The molecule has 0 heterocycles. The van der Waals surface area contributed by atoms with E-state index in [9.17, 15) is 9.59 Å². The zero-order valence-corrected chi connectivity index (χ0v) is 16.5. The van der Waals surface area contributed by atoms with Crippen LogP contribution in [0.5, 0.6) is 11.5 Å². The number of benzene rings is 3. The highest BCUT2D eigenvalue weighted by molar-refractivity contribution is 6.07. The Labute approximate surface area is 169 Å². The lowest BCUT2D eigenvalue weighted by molar-refractivity contribution is 0.101. The molecular formula is C23H22N2O4. The van der Waals surface area contributed by atoms with Gasteiger partial charge in [0.05, 0.1) is 14.2 Å². The number of aryl methyl sites for hydroxylation is 1. The van der Waals surface area contributed by atoms with Crippen LogP contribution >= 0.6 is 0 Å². The molecule has 0 aliphatic heterocycles. The molecule has 0 unspecified atom stereocenters. The second-order valence-corrected chi connectivity index (χ2v) is 6.37. The van der Waals surface area contributed by atoms with Crippen molar-refractivity contribution in [2.24, 2.45) is 0 Å². The van der Waals surface area contributed by atoms with Gasteiger partial charge in [0.25, 0.3) is 11.8 Å². The number of methoxy groups -OCH3 is 2. The quantitative estimate of drug-likeness (QED) is 0.649. The molecule has 2 N–H and O–H groups in total. The zero-order chi connectivity index (χ0) is 20.8. The molecule has 0 saturated heterocycles. The van der Waals surface area contributed by atoms with E-state index in [4.69, 9.17) is 9.47 Å². The van der Waals surface area contributed by atoms with Gasteiger partial charge < -0.3 is 20.1 Å². The van der Waals surface area contributed by atoms with Gasteiger partial charge in [-0.2, -0.15) is 0 Å². The lowest BCUT2D eigenvalue weighted by Gasteiger charge is -2.11. The summed E-state index contributed by atoms with van der Waals surface area (Å²) in [6.45, 7) is 1.93. The first-order chi connectivity index (χ1) is 14.0. The van der Waals surface area contributed by atoms with E-state index in [1.165, 1.54) is 7.11 Å². The summed E-state index contributed by atoms with van der Waals surface area (Å²) in [4.78, 5) is 24.9. The molecule has 0 bridgehead atoms. The van der Waals surface area contributed by atoms with Crippen LogP contribution in [-0.2, 0) is 0 Å². The molecule has 0 saturated carbocycles. The van der Waals surface area contributed by atoms with Crippen LogP contribution < -0.4 is 20.1 Å². The van der Waals surface area contributed by atoms with Crippen molar-refractivity contribution in [1.29, 1.82) is 0 Å². The predicted octanol–water partition coefficient (Wildman–Crippen LogP) is 4.52. The van der Waals surface area contributed by atoms with Crippen LogP contribution in [0.3, 0.4) is 0 Å². The third-order valence-corrected chi connectivity index (χ3v) is 4.44. The molecule has 148 valence electrons. The molecular weight excluding hydrogens is 368 g/mol. The van der Waals surface area contributed by atoms with Gasteiger partial charge >= 0.3 is 0 Å². The summed E-state index contributed by atoms with van der Waals surface area (Å²) in [5, 5.41) is 5.68. The van der Waals surface area contributed by atoms with Crippen LogP contribution in [0.25, 0.3) is 0 Å². The standard InChI is InChI=1S/C23H22N2O4/c1-15-6-4-5-7-19(15)25-23(27)17-10-8-16(9-11-17)22(26)24-18-12-13-20(28-2)21(14-18)29-3/h4-14H,1-3H3,(H,24,26)(H,25,27). The summed E-state index contributed by atoms with van der Waals surface area (Å²) >= 11 is 0. The van der Waals surface area contributed by atoms with Crippen LogP contribution in [0.15, 0.2) is 66.7 Å². The Morgan fingerprint density at radius 2 is 1.31 bits per heavy atom. The van der Waals surface area contributed by atoms with Gasteiger partial charge in [-0.25, -0.2) is 0 Å². The molecule has 6 heteroatoms. The first-order valence-corrected chi connectivity index (χ1v) is 9.02. The van der Waals surface area contributed by atoms with Gasteiger partial charge in [-0.15, -0.1) is 0 Å². The Bertz CT molecular complexity index is 1030. The fraction of sp³-hybridized carbons (Fsp3) is 0.130. The van der Waals surface area contributed by atoms with Crippen molar-refractivity contribution in [2.75, 3.05) is 24.9 Å². The van der Waals surface area contributed by atoms with Crippen LogP contribution in [-0.4, -0.2) is 26.0 Å².